The molecule has 5 nitrogen and oxygen atoms in total. The lowest BCUT2D eigenvalue weighted by molar-refractivity contribution is 0.236. The van der Waals surface area contributed by atoms with Crippen LogP contribution >= 0.6 is 0 Å². The lowest BCUT2D eigenvalue weighted by atomic mass is 10.1. The Labute approximate surface area is 173 Å². The van der Waals surface area contributed by atoms with E-state index in [4.69, 9.17) is 14.2 Å². The number of pyridine rings is 1. The fourth-order valence-corrected chi connectivity index (χ4v) is 3.58. The van der Waals surface area contributed by atoms with Crippen LogP contribution in [0.25, 0.3) is 21.8 Å². The van der Waals surface area contributed by atoms with E-state index in [-0.39, 0.29) is 11.2 Å². The number of aryl methyl sites for hydroxylation is 1. The summed E-state index contributed by atoms with van der Waals surface area (Å²) < 4.78 is 32.5. The summed E-state index contributed by atoms with van der Waals surface area (Å²) in [4.78, 5) is 7.57. The van der Waals surface area contributed by atoms with E-state index in [0.717, 1.165) is 16.6 Å². The van der Waals surface area contributed by atoms with Gasteiger partial charge in [0.1, 0.15) is 5.75 Å². The molecule has 0 saturated heterocycles. The first kappa shape index (κ1) is 18.7. The average Bonchev–Trinajstić information content (AvgIpc) is 3.35. The highest BCUT2D eigenvalue weighted by Gasteiger charge is 2.38. The molecule has 2 aromatic carbocycles. The van der Waals surface area contributed by atoms with Crippen molar-refractivity contribution < 1.29 is 18.6 Å². The van der Waals surface area contributed by atoms with Gasteiger partial charge in [-0.05, 0) is 50.1 Å². The lowest BCUT2D eigenvalue weighted by Gasteiger charge is -2.16. The summed E-state index contributed by atoms with van der Waals surface area (Å²) in [5.41, 5.74) is 2.59. The molecule has 1 saturated carbocycles. The van der Waals surface area contributed by atoms with Gasteiger partial charge in [0.2, 0.25) is 0 Å². The molecule has 0 radical (unpaired) electrons. The van der Waals surface area contributed by atoms with Crippen LogP contribution in [0.3, 0.4) is 0 Å². The van der Waals surface area contributed by atoms with Crippen LogP contribution in [0.1, 0.15) is 25.5 Å². The molecule has 0 amide bonds. The number of nitrogens with zero attached hydrogens (tertiary/aromatic N) is 1. The van der Waals surface area contributed by atoms with Crippen molar-refractivity contribution in [2.24, 2.45) is 5.41 Å². The van der Waals surface area contributed by atoms with Crippen molar-refractivity contribution in [2.45, 2.75) is 26.7 Å². The minimum Gasteiger partial charge on any atom is -0.493 e. The molecule has 6 heteroatoms. The van der Waals surface area contributed by atoms with Crippen LogP contribution in [0.15, 0.2) is 42.6 Å². The van der Waals surface area contributed by atoms with Gasteiger partial charge in [0.15, 0.2) is 23.1 Å². The second-order valence-corrected chi connectivity index (χ2v) is 8.32. The van der Waals surface area contributed by atoms with E-state index in [1.54, 1.807) is 31.5 Å². The Morgan fingerprint density at radius 2 is 1.87 bits per heavy atom. The highest BCUT2D eigenvalue weighted by Crippen LogP contribution is 2.46. The van der Waals surface area contributed by atoms with Gasteiger partial charge in [-0.25, -0.2) is 4.39 Å². The van der Waals surface area contributed by atoms with Crippen LogP contribution in [0.5, 0.6) is 23.0 Å². The predicted molar refractivity (Wildman–Crippen MR) is 114 cm³/mol. The maximum Gasteiger partial charge on any atom is 0.175 e. The van der Waals surface area contributed by atoms with Crippen molar-refractivity contribution in [3.05, 3.63) is 54.1 Å². The lowest BCUT2D eigenvalue weighted by Crippen LogP contribution is -2.09. The van der Waals surface area contributed by atoms with Crippen LogP contribution in [0, 0.1) is 18.2 Å². The van der Waals surface area contributed by atoms with E-state index in [9.17, 15) is 4.39 Å². The van der Waals surface area contributed by atoms with E-state index in [1.165, 1.54) is 12.8 Å². The molecular formula is C24H23FN2O3. The molecule has 0 spiro atoms. The molecule has 1 aliphatic rings. The van der Waals surface area contributed by atoms with Crippen molar-refractivity contribution in [1.82, 2.24) is 9.97 Å². The molecule has 0 unspecified atom stereocenters. The third-order valence-corrected chi connectivity index (χ3v) is 5.72. The van der Waals surface area contributed by atoms with Crippen molar-refractivity contribution in [3.8, 4) is 23.0 Å². The first-order valence-electron chi connectivity index (χ1n) is 10.0. The van der Waals surface area contributed by atoms with Crippen molar-refractivity contribution in [2.75, 3.05) is 13.7 Å². The van der Waals surface area contributed by atoms with Gasteiger partial charge in [-0.3, -0.25) is 4.98 Å². The van der Waals surface area contributed by atoms with Gasteiger partial charge >= 0.3 is 0 Å². The van der Waals surface area contributed by atoms with Crippen molar-refractivity contribution in [1.29, 1.82) is 0 Å². The van der Waals surface area contributed by atoms with Crippen LogP contribution in [-0.4, -0.2) is 23.7 Å². The van der Waals surface area contributed by atoms with Crippen LogP contribution in [0.4, 0.5) is 4.39 Å². The normalized spacial score (nSPS) is 14.8. The van der Waals surface area contributed by atoms with Gasteiger partial charge in [0.05, 0.1) is 19.2 Å². The Kier molecular flexibility index (Phi) is 4.31. The largest absolute Gasteiger partial charge is 0.493 e. The number of hydrogen-bond acceptors (Lipinski definition) is 4. The summed E-state index contributed by atoms with van der Waals surface area (Å²) >= 11 is 0. The molecular weight excluding hydrogens is 383 g/mol. The molecule has 2 aromatic heterocycles. The summed E-state index contributed by atoms with van der Waals surface area (Å²) in [6, 6.07) is 10.6. The summed E-state index contributed by atoms with van der Waals surface area (Å²) in [5, 5.41) is 1.23. The molecule has 1 N–H and O–H groups in total. The van der Waals surface area contributed by atoms with Crippen molar-refractivity contribution >= 4 is 21.8 Å². The Bertz CT molecular complexity index is 1260. The molecule has 0 atom stereocenters. The van der Waals surface area contributed by atoms with E-state index >= 15 is 0 Å². The quantitative estimate of drug-likeness (QED) is 0.418. The standard InChI is InChI=1S/C24H23FN2O3/c1-14-10-16-17(27-14)4-5-20(23(16)25)30-19-6-9-26-18-12-22(21(28-3)11-15(18)19)29-13-24(2)7-8-24/h4-6,9-12,27H,7-8,13H2,1-3H3. The molecule has 154 valence electrons. The second kappa shape index (κ2) is 6.90. The van der Waals surface area contributed by atoms with Gasteiger partial charge < -0.3 is 19.2 Å². The molecule has 0 bridgehead atoms. The van der Waals surface area contributed by atoms with Gasteiger partial charge in [-0.1, -0.05) is 6.92 Å². The Balaban J connectivity index is 1.52. The highest BCUT2D eigenvalue weighted by atomic mass is 19.1. The number of hydrogen-bond donors (Lipinski definition) is 1. The number of rotatable bonds is 6. The Morgan fingerprint density at radius 1 is 1.03 bits per heavy atom. The molecule has 30 heavy (non-hydrogen) atoms. The third kappa shape index (κ3) is 3.32. The molecule has 2 heterocycles. The fraction of sp³-hybridized carbons (Fsp3) is 0.292. The zero-order chi connectivity index (χ0) is 20.9. The third-order valence-electron chi connectivity index (χ3n) is 5.72. The molecule has 4 aromatic rings. The summed E-state index contributed by atoms with van der Waals surface area (Å²) in [7, 11) is 1.60. The maximum atomic E-state index is 15.0. The maximum absolute atomic E-state index is 15.0. The van der Waals surface area contributed by atoms with Crippen molar-refractivity contribution in [3.63, 3.8) is 0 Å². The smallest absolute Gasteiger partial charge is 0.175 e. The number of halogens is 1. The number of fused-ring (bicyclic) bond motifs is 2. The van der Waals surface area contributed by atoms with Crippen LogP contribution < -0.4 is 14.2 Å². The van der Waals surface area contributed by atoms with E-state index in [0.29, 0.717) is 34.8 Å². The van der Waals surface area contributed by atoms with Gasteiger partial charge in [-0.15, -0.1) is 0 Å². The fourth-order valence-electron chi connectivity index (χ4n) is 3.58. The molecule has 0 aliphatic heterocycles. The van der Waals surface area contributed by atoms with Gasteiger partial charge in [0, 0.05) is 39.7 Å². The topological polar surface area (TPSA) is 56.4 Å². The Hall–Kier alpha value is -3.28. The molecule has 1 aliphatic carbocycles. The average molecular weight is 406 g/mol. The summed E-state index contributed by atoms with van der Waals surface area (Å²) in [6.45, 7) is 4.75. The minimum atomic E-state index is -0.397. The SMILES string of the molecule is COc1cc2c(Oc3ccc4[nH]c(C)cc4c3F)ccnc2cc1OCC1(C)CC1. The van der Waals surface area contributed by atoms with Gasteiger partial charge in [0.25, 0.3) is 0 Å². The second-order valence-electron chi connectivity index (χ2n) is 8.32. The monoisotopic (exact) mass is 406 g/mol. The minimum absolute atomic E-state index is 0.162. The molecule has 5 rings (SSSR count). The van der Waals surface area contributed by atoms with E-state index < -0.39 is 5.82 Å². The van der Waals surface area contributed by atoms with E-state index in [2.05, 4.69) is 16.9 Å². The number of aromatic nitrogens is 2. The summed E-state index contributed by atoms with van der Waals surface area (Å²) in [5.74, 6) is 1.52. The van der Waals surface area contributed by atoms with E-state index in [1.807, 2.05) is 25.1 Å². The molecule has 1 fully saturated rings. The highest BCUT2D eigenvalue weighted by molar-refractivity contribution is 5.89. The summed E-state index contributed by atoms with van der Waals surface area (Å²) in [6.07, 6.45) is 4.00. The number of ether oxygens (including phenoxy) is 3. The van der Waals surface area contributed by atoms with Gasteiger partial charge in [-0.2, -0.15) is 0 Å². The number of benzene rings is 2. The number of methoxy groups -OCH3 is 1. The zero-order valence-electron chi connectivity index (χ0n) is 17.2. The van der Waals surface area contributed by atoms with Crippen LogP contribution in [0.2, 0.25) is 0 Å². The first-order valence-corrected chi connectivity index (χ1v) is 10.0. The number of nitrogens with one attached hydrogen (secondary N) is 1. The zero-order valence-corrected chi connectivity index (χ0v) is 17.2. The Morgan fingerprint density at radius 3 is 2.63 bits per heavy atom. The van der Waals surface area contributed by atoms with Crippen LogP contribution in [-0.2, 0) is 0 Å². The first-order chi connectivity index (χ1) is 14.5. The predicted octanol–water partition coefficient (Wildman–Crippen LogP) is 6.14. The number of H-pyrrole nitrogens is 1. The number of aromatic amines is 1.